The number of nitrogens with one attached hydrogen (secondary N) is 1. The average molecular weight is 299 g/mol. The van der Waals surface area contributed by atoms with E-state index in [1.54, 1.807) is 18.6 Å². The number of pyridine rings is 1. The number of anilines is 1. The molecule has 106 valence electrons. The monoisotopic (exact) mass is 298 g/mol. The molecule has 0 fully saturated rings. The number of imidazole rings is 1. The van der Waals surface area contributed by atoms with Gasteiger partial charge in [-0.3, -0.25) is 0 Å². The van der Waals surface area contributed by atoms with Crippen molar-refractivity contribution in [3.63, 3.8) is 0 Å². The predicted octanol–water partition coefficient (Wildman–Crippen LogP) is 4.09. The van der Waals surface area contributed by atoms with Crippen molar-refractivity contribution in [1.29, 1.82) is 0 Å². The molecule has 0 saturated heterocycles. The molecule has 4 nitrogen and oxygen atoms in total. The van der Waals surface area contributed by atoms with Crippen molar-refractivity contribution < 1.29 is 0 Å². The van der Waals surface area contributed by atoms with Crippen molar-refractivity contribution in [1.82, 2.24) is 14.5 Å². The lowest BCUT2D eigenvalue weighted by Gasteiger charge is -2.15. The van der Waals surface area contributed by atoms with E-state index < -0.39 is 0 Å². The molecule has 1 atom stereocenters. The summed E-state index contributed by atoms with van der Waals surface area (Å²) in [5, 5.41) is 3.83. The molecule has 1 aromatic carbocycles. The van der Waals surface area contributed by atoms with Crippen LogP contribution in [0.1, 0.15) is 18.5 Å². The van der Waals surface area contributed by atoms with Crippen LogP contribution in [0.25, 0.3) is 5.69 Å². The first-order valence-corrected chi connectivity index (χ1v) is 7.07. The van der Waals surface area contributed by atoms with E-state index in [1.807, 2.05) is 22.9 Å². The number of halogens is 1. The van der Waals surface area contributed by atoms with Gasteiger partial charge in [0.25, 0.3) is 0 Å². The van der Waals surface area contributed by atoms with Crippen molar-refractivity contribution in [2.24, 2.45) is 0 Å². The first kappa shape index (κ1) is 13.6. The van der Waals surface area contributed by atoms with Crippen LogP contribution in [0.5, 0.6) is 0 Å². The van der Waals surface area contributed by atoms with Crippen LogP contribution in [-0.4, -0.2) is 14.5 Å². The highest BCUT2D eigenvalue weighted by molar-refractivity contribution is 6.29. The topological polar surface area (TPSA) is 42.7 Å². The summed E-state index contributed by atoms with van der Waals surface area (Å²) < 4.78 is 1.97. The number of rotatable bonds is 4. The molecule has 1 N–H and O–H groups in total. The second-order valence-corrected chi connectivity index (χ2v) is 5.16. The summed E-state index contributed by atoms with van der Waals surface area (Å²) in [6, 6.07) is 14.0. The molecule has 0 aliphatic carbocycles. The Bertz CT molecular complexity index is 707. The highest BCUT2D eigenvalue weighted by atomic mass is 35.5. The standard InChI is InChI=1S/C16H15ClN4/c1-12(19-16-4-2-3-15(17)20-16)13-5-7-14(8-6-13)21-10-9-18-11-21/h2-12H,1H3,(H,19,20). The van der Waals surface area contributed by atoms with Crippen LogP contribution in [0, 0.1) is 0 Å². The highest BCUT2D eigenvalue weighted by Gasteiger charge is 2.06. The van der Waals surface area contributed by atoms with E-state index >= 15 is 0 Å². The Morgan fingerprint density at radius 3 is 2.62 bits per heavy atom. The summed E-state index contributed by atoms with van der Waals surface area (Å²) in [6.45, 7) is 2.09. The smallest absolute Gasteiger partial charge is 0.131 e. The van der Waals surface area contributed by atoms with Crippen LogP contribution in [0.3, 0.4) is 0 Å². The number of benzene rings is 1. The second-order valence-electron chi connectivity index (χ2n) is 4.77. The lowest BCUT2D eigenvalue weighted by molar-refractivity contribution is 0.873. The Labute approximate surface area is 128 Å². The third kappa shape index (κ3) is 3.23. The minimum absolute atomic E-state index is 0.146. The maximum absolute atomic E-state index is 5.89. The molecule has 1 unspecified atom stereocenters. The van der Waals surface area contributed by atoms with E-state index in [0.29, 0.717) is 5.15 Å². The molecular weight excluding hydrogens is 284 g/mol. The molecule has 3 aromatic rings. The van der Waals surface area contributed by atoms with Crippen LogP contribution in [0.15, 0.2) is 61.2 Å². The van der Waals surface area contributed by atoms with E-state index in [0.717, 1.165) is 11.5 Å². The van der Waals surface area contributed by atoms with Crippen LogP contribution < -0.4 is 5.32 Å². The minimum Gasteiger partial charge on any atom is -0.364 e. The molecule has 2 aromatic heterocycles. The van der Waals surface area contributed by atoms with E-state index in [4.69, 9.17) is 11.6 Å². The van der Waals surface area contributed by atoms with Gasteiger partial charge in [-0.25, -0.2) is 9.97 Å². The molecule has 0 spiro atoms. The van der Waals surface area contributed by atoms with Crippen LogP contribution in [0.4, 0.5) is 5.82 Å². The van der Waals surface area contributed by atoms with Crippen molar-refractivity contribution in [2.45, 2.75) is 13.0 Å². The van der Waals surface area contributed by atoms with Crippen molar-refractivity contribution in [3.8, 4) is 5.69 Å². The molecule has 3 rings (SSSR count). The summed E-state index contributed by atoms with van der Waals surface area (Å²) in [4.78, 5) is 8.29. The van der Waals surface area contributed by atoms with E-state index in [2.05, 4.69) is 46.5 Å². The van der Waals surface area contributed by atoms with E-state index in [-0.39, 0.29) is 6.04 Å². The fraction of sp³-hybridized carbons (Fsp3) is 0.125. The number of hydrogen-bond acceptors (Lipinski definition) is 3. The van der Waals surface area contributed by atoms with Gasteiger partial charge in [-0.2, -0.15) is 0 Å². The summed E-state index contributed by atoms with van der Waals surface area (Å²) in [6.07, 6.45) is 5.47. The molecule has 0 radical (unpaired) electrons. The fourth-order valence-electron chi connectivity index (χ4n) is 2.14. The maximum Gasteiger partial charge on any atom is 0.131 e. The van der Waals surface area contributed by atoms with Crippen molar-refractivity contribution in [3.05, 3.63) is 71.9 Å². The van der Waals surface area contributed by atoms with Crippen LogP contribution in [-0.2, 0) is 0 Å². The summed E-state index contributed by atoms with van der Waals surface area (Å²) >= 11 is 5.89. The van der Waals surface area contributed by atoms with Gasteiger partial charge in [-0.15, -0.1) is 0 Å². The zero-order valence-corrected chi connectivity index (χ0v) is 12.3. The molecule has 0 aliphatic rings. The molecule has 5 heteroatoms. The predicted molar refractivity (Wildman–Crippen MR) is 84.8 cm³/mol. The average Bonchev–Trinajstić information content (AvgIpc) is 3.01. The van der Waals surface area contributed by atoms with Gasteiger partial charge in [-0.05, 0) is 36.8 Å². The van der Waals surface area contributed by atoms with Gasteiger partial charge in [0.05, 0.1) is 6.33 Å². The molecule has 0 aliphatic heterocycles. The SMILES string of the molecule is CC(Nc1cccc(Cl)n1)c1ccc(-n2ccnc2)cc1. The Hall–Kier alpha value is -2.33. The Kier molecular flexibility index (Phi) is 3.88. The third-order valence-electron chi connectivity index (χ3n) is 3.28. The van der Waals surface area contributed by atoms with E-state index in [9.17, 15) is 0 Å². The Balaban J connectivity index is 1.74. The number of aromatic nitrogens is 3. The zero-order valence-electron chi connectivity index (χ0n) is 11.6. The normalized spacial score (nSPS) is 12.1. The summed E-state index contributed by atoms with van der Waals surface area (Å²) in [7, 11) is 0. The van der Waals surface area contributed by atoms with Gasteiger partial charge in [0.15, 0.2) is 0 Å². The Morgan fingerprint density at radius 1 is 1.14 bits per heavy atom. The van der Waals surface area contributed by atoms with Crippen LogP contribution in [0.2, 0.25) is 5.15 Å². The van der Waals surface area contributed by atoms with Gasteiger partial charge in [0, 0.05) is 24.1 Å². The first-order valence-electron chi connectivity index (χ1n) is 6.70. The lowest BCUT2D eigenvalue weighted by Crippen LogP contribution is -2.08. The first-order chi connectivity index (χ1) is 10.2. The largest absolute Gasteiger partial charge is 0.364 e. The fourth-order valence-corrected chi connectivity index (χ4v) is 2.30. The molecule has 21 heavy (non-hydrogen) atoms. The van der Waals surface area contributed by atoms with Gasteiger partial charge >= 0.3 is 0 Å². The Morgan fingerprint density at radius 2 is 1.95 bits per heavy atom. The third-order valence-corrected chi connectivity index (χ3v) is 3.49. The molecule has 2 heterocycles. The highest BCUT2D eigenvalue weighted by Crippen LogP contribution is 2.20. The van der Waals surface area contributed by atoms with Crippen molar-refractivity contribution >= 4 is 17.4 Å². The minimum atomic E-state index is 0.146. The maximum atomic E-state index is 5.89. The van der Waals surface area contributed by atoms with E-state index in [1.165, 1.54) is 5.56 Å². The lowest BCUT2D eigenvalue weighted by atomic mass is 10.1. The van der Waals surface area contributed by atoms with Gasteiger partial charge in [0.1, 0.15) is 11.0 Å². The molecule has 0 amide bonds. The summed E-state index contributed by atoms with van der Waals surface area (Å²) in [5.74, 6) is 0.772. The van der Waals surface area contributed by atoms with Gasteiger partial charge < -0.3 is 9.88 Å². The summed E-state index contributed by atoms with van der Waals surface area (Å²) in [5.41, 5.74) is 2.27. The zero-order chi connectivity index (χ0) is 14.7. The molecule has 0 saturated carbocycles. The van der Waals surface area contributed by atoms with Gasteiger partial charge in [-0.1, -0.05) is 29.8 Å². The number of hydrogen-bond donors (Lipinski definition) is 1. The second kappa shape index (κ2) is 5.97. The van der Waals surface area contributed by atoms with Gasteiger partial charge in [0.2, 0.25) is 0 Å². The number of nitrogens with zero attached hydrogens (tertiary/aromatic N) is 3. The quantitative estimate of drug-likeness (QED) is 0.738. The van der Waals surface area contributed by atoms with Crippen molar-refractivity contribution in [2.75, 3.05) is 5.32 Å². The molecular formula is C16H15ClN4. The molecule has 0 bridgehead atoms. The van der Waals surface area contributed by atoms with Crippen LogP contribution >= 0.6 is 11.6 Å².